The normalized spacial score (nSPS) is 12.6. The third-order valence-electron chi connectivity index (χ3n) is 1.29. The third kappa shape index (κ3) is 4.99. The average Bonchev–Trinajstić information content (AvgIpc) is 2.08. The van der Waals surface area contributed by atoms with Crippen LogP contribution in [0.1, 0.15) is 34.1 Å². The number of carbonyl (C=O) groups excluding carboxylic acids is 1. The van der Waals surface area contributed by atoms with E-state index >= 15 is 0 Å². The van der Waals surface area contributed by atoms with Crippen LogP contribution in [0.25, 0.3) is 0 Å². The van der Waals surface area contributed by atoms with Crippen molar-refractivity contribution in [3.05, 3.63) is 0 Å². The van der Waals surface area contributed by atoms with E-state index in [4.69, 9.17) is 0 Å². The van der Waals surface area contributed by atoms with Crippen LogP contribution in [0.15, 0.2) is 0 Å². The zero-order valence-corrected chi connectivity index (χ0v) is 8.89. The fourth-order valence-electron chi connectivity index (χ4n) is 0.628. The van der Waals surface area contributed by atoms with Crippen LogP contribution in [0.5, 0.6) is 0 Å². The predicted octanol–water partition coefficient (Wildman–Crippen LogP) is 2.51. The smallest absolute Gasteiger partial charge is 0.409 e. The fraction of sp³-hybridized carbons (Fsp3) is 0.889. The third-order valence-corrected chi connectivity index (χ3v) is 1.29. The first-order valence-electron chi connectivity index (χ1n) is 4.67. The molecular weight excluding hydrogens is 154 g/mol. The Morgan fingerprint density at radius 1 is 1.17 bits per heavy atom. The van der Waals surface area contributed by atoms with Gasteiger partial charge in [-0.15, -0.1) is 0 Å². The Labute approximate surface area is 75.7 Å². The van der Waals surface area contributed by atoms with E-state index in [9.17, 15) is 4.79 Å². The average molecular weight is 175 g/mol. The lowest BCUT2D eigenvalue weighted by Crippen LogP contribution is -2.41. The van der Waals surface area contributed by atoms with Gasteiger partial charge in [0.25, 0.3) is 0 Å². The van der Waals surface area contributed by atoms with Crippen LogP contribution in [-0.2, 0) is 4.74 Å². The van der Waals surface area contributed by atoms with E-state index in [-0.39, 0.29) is 6.09 Å². The first kappa shape index (κ1) is 13.8. The highest BCUT2D eigenvalue weighted by Gasteiger charge is 2.19. The highest BCUT2D eigenvalue weighted by molar-refractivity contribution is 5.68. The minimum absolute atomic E-state index is 0.198. The number of amides is 1. The largest absolute Gasteiger partial charge is 0.453 e. The first-order valence-corrected chi connectivity index (χ1v) is 4.67. The van der Waals surface area contributed by atoms with Gasteiger partial charge in [0.1, 0.15) is 0 Å². The Hall–Kier alpha value is -0.730. The van der Waals surface area contributed by atoms with E-state index in [1.165, 1.54) is 7.11 Å². The second kappa shape index (κ2) is 10.3. The van der Waals surface area contributed by atoms with Gasteiger partial charge in [-0.3, -0.25) is 0 Å². The van der Waals surface area contributed by atoms with Crippen molar-refractivity contribution in [2.24, 2.45) is 0 Å². The summed E-state index contributed by atoms with van der Waals surface area (Å²) in [6.45, 7) is 9.74. The van der Waals surface area contributed by atoms with Crippen LogP contribution in [0.3, 0.4) is 0 Å². The van der Waals surface area contributed by atoms with Crippen LogP contribution in [-0.4, -0.2) is 31.2 Å². The van der Waals surface area contributed by atoms with Gasteiger partial charge < -0.3 is 9.64 Å². The minimum Gasteiger partial charge on any atom is -0.453 e. The van der Waals surface area contributed by atoms with Gasteiger partial charge in [-0.2, -0.15) is 0 Å². The number of nitrogens with zero attached hydrogens (tertiary/aromatic N) is 1. The first-order chi connectivity index (χ1) is 5.84. The minimum atomic E-state index is -0.198. The number of rotatable bonds is 0. The van der Waals surface area contributed by atoms with E-state index in [2.05, 4.69) is 4.74 Å². The molecule has 3 nitrogen and oxygen atoms in total. The van der Waals surface area contributed by atoms with Gasteiger partial charge >= 0.3 is 6.09 Å². The number of hydrogen-bond donors (Lipinski definition) is 0. The quantitative estimate of drug-likeness (QED) is 0.566. The lowest BCUT2D eigenvalue weighted by Gasteiger charge is -2.28. The van der Waals surface area contributed by atoms with E-state index in [0.29, 0.717) is 0 Å². The van der Waals surface area contributed by atoms with Gasteiger partial charge in [0.15, 0.2) is 0 Å². The molecule has 1 amide bonds. The summed E-state index contributed by atoms with van der Waals surface area (Å²) in [5.41, 5.74) is 0. The Morgan fingerprint density at radius 3 is 1.67 bits per heavy atom. The van der Waals surface area contributed by atoms with Gasteiger partial charge in [-0.05, 0) is 6.42 Å². The lowest BCUT2D eigenvalue weighted by atomic mass is 10.2. The molecule has 1 aliphatic heterocycles. The van der Waals surface area contributed by atoms with Crippen LogP contribution in [0.4, 0.5) is 4.79 Å². The molecule has 1 heterocycles. The molecule has 0 aromatic heterocycles. The molecule has 12 heavy (non-hydrogen) atoms. The lowest BCUT2D eigenvalue weighted by molar-refractivity contribution is 0.0991. The molecule has 0 unspecified atom stereocenters. The van der Waals surface area contributed by atoms with Crippen LogP contribution < -0.4 is 0 Å². The monoisotopic (exact) mass is 175 g/mol. The molecule has 1 aliphatic rings. The van der Waals surface area contributed by atoms with Crippen molar-refractivity contribution < 1.29 is 9.53 Å². The molecule has 0 aliphatic carbocycles. The van der Waals surface area contributed by atoms with Gasteiger partial charge in [0.2, 0.25) is 0 Å². The van der Waals surface area contributed by atoms with E-state index in [1.54, 1.807) is 4.90 Å². The highest BCUT2D eigenvalue weighted by Crippen LogP contribution is 2.05. The summed E-state index contributed by atoms with van der Waals surface area (Å²) in [6.07, 6.45) is 0.922. The van der Waals surface area contributed by atoms with Crippen LogP contribution >= 0.6 is 0 Å². The molecule has 0 atom stereocenters. The molecule has 0 N–H and O–H groups in total. The maximum Gasteiger partial charge on any atom is 0.409 e. The predicted molar refractivity (Wildman–Crippen MR) is 51.3 cm³/mol. The summed E-state index contributed by atoms with van der Waals surface area (Å²) >= 11 is 0. The molecule has 1 fully saturated rings. The summed E-state index contributed by atoms with van der Waals surface area (Å²) < 4.78 is 4.44. The summed E-state index contributed by atoms with van der Waals surface area (Å²) in [5.74, 6) is 0. The molecule has 1 rings (SSSR count). The molecular formula is C9H21NO2. The van der Waals surface area contributed by atoms with Gasteiger partial charge in [-0.25, -0.2) is 4.79 Å². The molecule has 74 valence electrons. The zero-order valence-electron chi connectivity index (χ0n) is 8.89. The van der Waals surface area contributed by atoms with Crippen molar-refractivity contribution in [2.75, 3.05) is 20.2 Å². The van der Waals surface area contributed by atoms with Crippen molar-refractivity contribution in [2.45, 2.75) is 34.1 Å². The summed E-state index contributed by atoms with van der Waals surface area (Å²) in [7, 11) is 1.40. The Balaban J connectivity index is 0. The second-order valence-corrected chi connectivity index (χ2v) is 1.81. The van der Waals surface area contributed by atoms with Gasteiger partial charge in [0, 0.05) is 13.1 Å². The van der Waals surface area contributed by atoms with Crippen molar-refractivity contribution in [1.82, 2.24) is 4.90 Å². The van der Waals surface area contributed by atoms with Crippen molar-refractivity contribution in [1.29, 1.82) is 0 Å². The Morgan fingerprint density at radius 2 is 1.58 bits per heavy atom. The molecule has 0 bridgehead atoms. The Kier molecular flexibility index (Phi) is 11.8. The summed E-state index contributed by atoms with van der Waals surface area (Å²) in [5, 5.41) is 0. The summed E-state index contributed by atoms with van der Waals surface area (Å²) in [4.78, 5) is 12.2. The number of methoxy groups -OCH3 is 1. The SMILES string of the molecule is CC.CC.COC(=O)N1CCC1. The van der Waals surface area contributed by atoms with Crippen LogP contribution in [0, 0.1) is 0 Å². The molecule has 0 aromatic rings. The van der Waals surface area contributed by atoms with Gasteiger partial charge in [0.05, 0.1) is 7.11 Å². The van der Waals surface area contributed by atoms with Crippen molar-refractivity contribution >= 4 is 6.09 Å². The zero-order chi connectivity index (χ0) is 9.98. The number of likely N-dealkylation sites (tertiary alicyclic amines) is 1. The fourth-order valence-corrected chi connectivity index (χ4v) is 0.628. The Bertz CT molecular complexity index is 101. The topological polar surface area (TPSA) is 29.5 Å². The van der Waals surface area contributed by atoms with E-state index in [1.807, 2.05) is 27.7 Å². The molecule has 0 saturated carbocycles. The number of hydrogen-bond acceptors (Lipinski definition) is 2. The van der Waals surface area contributed by atoms with Gasteiger partial charge in [-0.1, -0.05) is 27.7 Å². The number of ether oxygens (including phenoxy) is 1. The standard InChI is InChI=1S/C5H9NO2.2C2H6/c1-8-5(7)6-3-2-4-6;2*1-2/h2-4H2,1H3;2*1-2H3. The molecule has 1 saturated heterocycles. The van der Waals surface area contributed by atoms with E-state index < -0.39 is 0 Å². The summed E-state index contributed by atoms with van der Waals surface area (Å²) in [6, 6.07) is 0. The maximum atomic E-state index is 10.5. The highest BCUT2D eigenvalue weighted by atomic mass is 16.5. The molecule has 0 radical (unpaired) electrons. The molecule has 0 spiro atoms. The second-order valence-electron chi connectivity index (χ2n) is 1.81. The molecule has 0 aromatic carbocycles. The van der Waals surface area contributed by atoms with Crippen molar-refractivity contribution in [3.63, 3.8) is 0 Å². The maximum absolute atomic E-state index is 10.5. The van der Waals surface area contributed by atoms with Crippen molar-refractivity contribution in [3.8, 4) is 0 Å². The number of carbonyl (C=O) groups is 1. The van der Waals surface area contributed by atoms with Crippen LogP contribution in [0.2, 0.25) is 0 Å². The molecule has 3 heteroatoms. The van der Waals surface area contributed by atoms with E-state index in [0.717, 1.165) is 19.5 Å².